The summed E-state index contributed by atoms with van der Waals surface area (Å²) < 4.78 is 0.871. The second kappa shape index (κ2) is 5.17. The van der Waals surface area contributed by atoms with Crippen molar-refractivity contribution in [3.63, 3.8) is 0 Å². The Bertz CT molecular complexity index is 745. The monoisotopic (exact) mass is 371 g/mol. The molecule has 2 aliphatic carbocycles. The van der Waals surface area contributed by atoms with Crippen LogP contribution in [0, 0.1) is 23.7 Å². The minimum Gasteiger partial charge on any atom is -0.274 e. The molecule has 2 fully saturated rings. The molecule has 2 bridgehead atoms. The molecule has 4 unspecified atom stereocenters. The van der Waals surface area contributed by atoms with E-state index in [-0.39, 0.29) is 35.5 Å². The second-order valence-corrected chi connectivity index (χ2v) is 7.48. The lowest BCUT2D eigenvalue weighted by molar-refractivity contribution is -0.122. The molecule has 23 heavy (non-hydrogen) atoms. The number of fused-ring (bicyclic) bond motifs is 5. The zero-order chi connectivity index (χ0) is 16.3. The summed E-state index contributed by atoms with van der Waals surface area (Å²) in [5.41, 5.74) is 3.31. The third-order valence-corrected chi connectivity index (χ3v) is 6.00. The Morgan fingerprint density at radius 1 is 1.13 bits per heavy atom. The lowest BCUT2D eigenvalue weighted by atomic mass is 9.85. The Hall–Kier alpha value is -1.68. The molecule has 1 aromatic rings. The van der Waals surface area contributed by atoms with Crippen molar-refractivity contribution in [2.75, 3.05) is 4.90 Å². The molecule has 1 aliphatic heterocycles. The molecule has 4 atom stereocenters. The van der Waals surface area contributed by atoms with Crippen LogP contribution in [0.2, 0.25) is 0 Å². The molecule has 0 N–H and O–H groups in total. The van der Waals surface area contributed by atoms with E-state index in [1.165, 1.54) is 16.0 Å². The van der Waals surface area contributed by atoms with Gasteiger partial charge in [0.2, 0.25) is 11.8 Å². The molecule has 1 saturated heterocycles. The normalized spacial score (nSPS) is 31.3. The van der Waals surface area contributed by atoms with Gasteiger partial charge in [-0.1, -0.05) is 52.2 Å². The number of benzene rings is 1. The van der Waals surface area contributed by atoms with Gasteiger partial charge in [0, 0.05) is 16.3 Å². The van der Waals surface area contributed by atoms with Gasteiger partial charge in [-0.15, -0.1) is 0 Å². The first-order valence-electron chi connectivity index (χ1n) is 8.05. The van der Waals surface area contributed by atoms with Gasteiger partial charge in [-0.25, -0.2) is 4.90 Å². The number of amides is 2. The number of imide groups is 1. The van der Waals surface area contributed by atoms with Gasteiger partial charge in [-0.2, -0.15) is 0 Å². The van der Waals surface area contributed by atoms with Crippen molar-refractivity contribution in [1.29, 1.82) is 0 Å². The number of hydrogen-bond acceptors (Lipinski definition) is 2. The fourth-order valence-corrected chi connectivity index (χ4v) is 4.79. The first-order chi connectivity index (χ1) is 11.0. The van der Waals surface area contributed by atoms with Crippen LogP contribution in [0.3, 0.4) is 0 Å². The van der Waals surface area contributed by atoms with E-state index in [4.69, 9.17) is 0 Å². The molecule has 4 heteroatoms. The molecule has 4 rings (SSSR count). The molecular weight excluding hydrogens is 354 g/mol. The number of carbonyl (C=O) groups excluding carboxylic acids is 2. The van der Waals surface area contributed by atoms with Crippen LogP contribution in [0.25, 0.3) is 0 Å². The third kappa shape index (κ3) is 1.94. The first kappa shape index (κ1) is 14.9. The van der Waals surface area contributed by atoms with Crippen LogP contribution in [-0.2, 0) is 9.59 Å². The molecule has 1 aromatic carbocycles. The van der Waals surface area contributed by atoms with Crippen LogP contribution >= 0.6 is 15.9 Å². The summed E-state index contributed by atoms with van der Waals surface area (Å²) >= 11 is 3.42. The highest BCUT2D eigenvalue weighted by atomic mass is 79.9. The van der Waals surface area contributed by atoms with E-state index >= 15 is 0 Å². The minimum absolute atomic E-state index is 0.0450. The molecule has 0 spiro atoms. The molecule has 1 heterocycles. The summed E-state index contributed by atoms with van der Waals surface area (Å²) in [6.45, 7) is 4.26. The SMILES string of the molecule is CCC(C)=C1C2C=CC1C1C(=O)N(c3cccc(Br)c3)C(=O)C21. The molecule has 3 nitrogen and oxygen atoms in total. The van der Waals surface area contributed by atoms with E-state index in [0.717, 1.165) is 10.9 Å². The average molecular weight is 372 g/mol. The number of carbonyl (C=O) groups is 2. The van der Waals surface area contributed by atoms with Gasteiger partial charge in [0.15, 0.2) is 0 Å². The van der Waals surface area contributed by atoms with Gasteiger partial charge in [-0.3, -0.25) is 9.59 Å². The number of nitrogens with zero attached hydrogens (tertiary/aromatic N) is 1. The number of anilines is 1. The summed E-state index contributed by atoms with van der Waals surface area (Å²) in [6, 6.07) is 7.41. The van der Waals surface area contributed by atoms with Gasteiger partial charge >= 0.3 is 0 Å². The van der Waals surface area contributed by atoms with Crippen LogP contribution in [0.15, 0.2) is 52.0 Å². The van der Waals surface area contributed by atoms with Crippen LogP contribution in [0.1, 0.15) is 20.3 Å². The van der Waals surface area contributed by atoms with Crippen molar-refractivity contribution in [1.82, 2.24) is 0 Å². The fourth-order valence-electron chi connectivity index (χ4n) is 4.41. The third-order valence-electron chi connectivity index (χ3n) is 5.51. The summed E-state index contributed by atoms with van der Waals surface area (Å²) in [5.74, 6) is -0.300. The molecule has 1 saturated carbocycles. The van der Waals surface area contributed by atoms with Crippen molar-refractivity contribution in [3.05, 3.63) is 52.0 Å². The molecule has 0 radical (unpaired) electrons. The van der Waals surface area contributed by atoms with Gasteiger partial charge in [0.1, 0.15) is 0 Å². The first-order valence-corrected chi connectivity index (χ1v) is 8.85. The number of halogens is 1. The smallest absolute Gasteiger partial charge is 0.238 e. The van der Waals surface area contributed by atoms with Crippen LogP contribution in [-0.4, -0.2) is 11.8 Å². The molecular formula is C19H18BrNO2. The van der Waals surface area contributed by atoms with E-state index in [1.807, 2.05) is 24.3 Å². The fraction of sp³-hybridized carbons (Fsp3) is 0.368. The summed E-state index contributed by atoms with van der Waals surface area (Å²) in [6.07, 6.45) is 5.24. The zero-order valence-electron chi connectivity index (χ0n) is 13.1. The lowest BCUT2D eigenvalue weighted by Gasteiger charge is -2.19. The van der Waals surface area contributed by atoms with Crippen molar-refractivity contribution >= 4 is 33.4 Å². The standard InChI is InChI=1S/C19H18BrNO2/c1-3-10(2)15-13-7-8-14(15)17-16(13)18(22)21(19(17)23)12-6-4-5-11(20)9-12/h4-9,13-14,16-17H,3H2,1-2H3. The van der Waals surface area contributed by atoms with E-state index in [9.17, 15) is 9.59 Å². The number of hydrogen-bond donors (Lipinski definition) is 0. The molecule has 0 aromatic heterocycles. The Morgan fingerprint density at radius 2 is 1.74 bits per heavy atom. The Labute approximate surface area is 144 Å². The lowest BCUT2D eigenvalue weighted by Crippen LogP contribution is -2.33. The maximum Gasteiger partial charge on any atom is 0.238 e. The summed E-state index contributed by atoms with van der Waals surface area (Å²) in [5, 5.41) is 0. The summed E-state index contributed by atoms with van der Waals surface area (Å²) in [7, 11) is 0. The van der Waals surface area contributed by atoms with E-state index in [2.05, 4.69) is 41.9 Å². The number of allylic oxidation sites excluding steroid dienone is 4. The zero-order valence-corrected chi connectivity index (χ0v) is 14.7. The molecule has 118 valence electrons. The van der Waals surface area contributed by atoms with Gasteiger partial charge < -0.3 is 0 Å². The van der Waals surface area contributed by atoms with Crippen LogP contribution < -0.4 is 4.90 Å². The number of rotatable bonds is 2. The van der Waals surface area contributed by atoms with E-state index in [0.29, 0.717) is 5.69 Å². The Kier molecular flexibility index (Phi) is 3.34. The Morgan fingerprint density at radius 3 is 2.26 bits per heavy atom. The quantitative estimate of drug-likeness (QED) is 0.579. The predicted octanol–water partition coefficient (Wildman–Crippen LogP) is 4.10. The minimum atomic E-state index is -0.215. The molecule has 2 amide bonds. The highest BCUT2D eigenvalue weighted by molar-refractivity contribution is 9.10. The maximum atomic E-state index is 13.0. The van der Waals surface area contributed by atoms with E-state index < -0.39 is 0 Å². The van der Waals surface area contributed by atoms with Gasteiger partial charge in [0.25, 0.3) is 0 Å². The van der Waals surface area contributed by atoms with Crippen LogP contribution in [0.4, 0.5) is 5.69 Å². The van der Waals surface area contributed by atoms with Gasteiger partial charge in [-0.05, 0) is 31.5 Å². The Balaban J connectivity index is 1.76. The average Bonchev–Trinajstić information content (AvgIpc) is 3.17. The maximum absolute atomic E-state index is 13.0. The van der Waals surface area contributed by atoms with Crippen LogP contribution in [0.5, 0.6) is 0 Å². The highest BCUT2D eigenvalue weighted by Crippen LogP contribution is 2.57. The van der Waals surface area contributed by atoms with Crippen molar-refractivity contribution in [2.45, 2.75) is 20.3 Å². The summed E-state index contributed by atoms with van der Waals surface area (Å²) in [4.78, 5) is 27.4. The highest BCUT2D eigenvalue weighted by Gasteiger charge is 2.61. The topological polar surface area (TPSA) is 37.4 Å². The molecule has 3 aliphatic rings. The predicted molar refractivity (Wildman–Crippen MR) is 92.7 cm³/mol. The van der Waals surface area contributed by atoms with Gasteiger partial charge in [0.05, 0.1) is 17.5 Å². The van der Waals surface area contributed by atoms with Crippen molar-refractivity contribution in [3.8, 4) is 0 Å². The van der Waals surface area contributed by atoms with Crippen molar-refractivity contribution in [2.24, 2.45) is 23.7 Å². The largest absolute Gasteiger partial charge is 0.274 e. The second-order valence-electron chi connectivity index (χ2n) is 6.57. The van der Waals surface area contributed by atoms with E-state index in [1.54, 1.807) is 0 Å². The van der Waals surface area contributed by atoms with Crippen molar-refractivity contribution < 1.29 is 9.59 Å².